The van der Waals surface area contributed by atoms with Crippen LogP contribution in [0.3, 0.4) is 0 Å². The molecule has 0 amide bonds. The summed E-state index contributed by atoms with van der Waals surface area (Å²) in [5.41, 5.74) is 7.88. The molecule has 7 heteroatoms. The number of nitrogens with two attached hydrogens (primary N) is 1. The zero-order valence-corrected chi connectivity index (χ0v) is 14.1. The van der Waals surface area contributed by atoms with E-state index in [0.717, 1.165) is 24.2 Å². The number of nitrogens with one attached hydrogen (secondary N) is 1. The van der Waals surface area contributed by atoms with Gasteiger partial charge in [-0.2, -0.15) is 15.0 Å². The third-order valence-corrected chi connectivity index (χ3v) is 4.46. The van der Waals surface area contributed by atoms with Crippen LogP contribution >= 0.6 is 0 Å². The fraction of sp³-hybridized carbons (Fsp3) is 0.471. The Morgan fingerprint density at radius 2 is 2.08 bits per heavy atom. The normalized spacial score (nSPS) is 21.6. The lowest BCUT2D eigenvalue weighted by Crippen LogP contribution is -2.42. The van der Waals surface area contributed by atoms with Gasteiger partial charge in [0, 0.05) is 12.2 Å². The maximum absolute atomic E-state index is 10.0. The molecule has 128 valence electrons. The van der Waals surface area contributed by atoms with E-state index in [1.807, 2.05) is 31.2 Å². The van der Waals surface area contributed by atoms with Gasteiger partial charge in [0.05, 0.1) is 12.6 Å². The maximum Gasteiger partial charge on any atom is 0.232 e. The van der Waals surface area contributed by atoms with E-state index < -0.39 is 0 Å². The first kappa shape index (κ1) is 16.6. The largest absolute Gasteiger partial charge is 0.392 e. The van der Waals surface area contributed by atoms with E-state index >= 15 is 0 Å². The maximum atomic E-state index is 10.0. The predicted molar refractivity (Wildman–Crippen MR) is 93.8 cm³/mol. The summed E-state index contributed by atoms with van der Waals surface area (Å²) >= 11 is 0. The molecule has 2 aromatic rings. The van der Waals surface area contributed by atoms with Gasteiger partial charge in [0.2, 0.25) is 11.9 Å². The summed E-state index contributed by atoms with van der Waals surface area (Å²) in [6.45, 7) is 6.20. The predicted octanol–water partition coefficient (Wildman–Crippen LogP) is 1.71. The van der Waals surface area contributed by atoms with Crippen molar-refractivity contribution in [2.24, 2.45) is 5.92 Å². The number of nitrogen functional groups attached to an aromatic ring is 1. The zero-order chi connectivity index (χ0) is 17.1. The highest BCUT2D eigenvalue weighted by Crippen LogP contribution is 2.20. The highest BCUT2D eigenvalue weighted by Gasteiger charge is 2.24. The molecule has 4 N–H and O–H groups in total. The first-order valence-corrected chi connectivity index (χ1v) is 8.25. The summed E-state index contributed by atoms with van der Waals surface area (Å²) in [6.07, 6.45) is 0.665. The number of rotatable bonds is 4. The highest BCUT2D eigenvalue weighted by atomic mass is 16.3. The second-order valence-corrected chi connectivity index (χ2v) is 6.44. The summed E-state index contributed by atoms with van der Waals surface area (Å²) < 4.78 is 0. The van der Waals surface area contributed by atoms with Crippen molar-refractivity contribution in [2.45, 2.75) is 32.9 Å². The Balaban J connectivity index is 1.73. The molecule has 1 aliphatic heterocycles. The van der Waals surface area contributed by atoms with Crippen LogP contribution in [0.4, 0.5) is 17.6 Å². The summed E-state index contributed by atoms with van der Waals surface area (Å²) in [7, 11) is 0. The lowest BCUT2D eigenvalue weighted by molar-refractivity contribution is 0.0249. The van der Waals surface area contributed by atoms with Crippen LogP contribution in [-0.4, -0.2) is 44.2 Å². The Morgan fingerprint density at radius 3 is 2.83 bits per heavy atom. The van der Waals surface area contributed by atoms with Gasteiger partial charge in [-0.3, -0.25) is 4.90 Å². The van der Waals surface area contributed by atoms with Crippen LogP contribution in [-0.2, 0) is 6.54 Å². The number of hydrogen-bond donors (Lipinski definition) is 3. The number of aliphatic hydroxyl groups excluding tert-OH is 1. The van der Waals surface area contributed by atoms with E-state index in [9.17, 15) is 5.11 Å². The molecule has 1 aromatic heterocycles. The minimum absolute atomic E-state index is 0.196. The van der Waals surface area contributed by atoms with Crippen LogP contribution in [0.25, 0.3) is 0 Å². The number of β-amino-alcohol motifs (C(OH)–C–C–N with tert-alkyl or cyclic N) is 1. The Bertz CT molecular complexity index is 707. The minimum Gasteiger partial charge on any atom is -0.392 e. The quantitative estimate of drug-likeness (QED) is 0.785. The van der Waals surface area contributed by atoms with E-state index in [1.54, 1.807) is 0 Å². The smallest absolute Gasteiger partial charge is 0.232 e. The second-order valence-electron chi connectivity index (χ2n) is 6.44. The third kappa shape index (κ3) is 3.98. The number of aryl methyl sites for hydroxylation is 1. The van der Waals surface area contributed by atoms with Crippen molar-refractivity contribution in [2.75, 3.05) is 24.1 Å². The van der Waals surface area contributed by atoms with E-state index in [4.69, 9.17) is 5.73 Å². The standard InChI is InChI=1S/C17H24N6O/c1-11-5-3-4-6-13(11)19-17-21-15(20-16(18)22-17)10-23-8-7-12(2)14(24)9-23/h3-6,12,14,24H,7-10H2,1-2H3,(H3,18,19,20,21,22). The fourth-order valence-electron chi connectivity index (χ4n) is 2.86. The van der Waals surface area contributed by atoms with Gasteiger partial charge in [0.1, 0.15) is 5.82 Å². The molecule has 0 spiro atoms. The highest BCUT2D eigenvalue weighted by molar-refractivity contribution is 5.58. The Labute approximate surface area is 142 Å². The lowest BCUT2D eigenvalue weighted by atomic mass is 9.96. The van der Waals surface area contributed by atoms with Crippen LogP contribution in [0.5, 0.6) is 0 Å². The molecule has 1 fully saturated rings. The fourth-order valence-corrected chi connectivity index (χ4v) is 2.86. The average Bonchev–Trinajstić information content (AvgIpc) is 2.53. The van der Waals surface area contributed by atoms with Crippen molar-refractivity contribution >= 4 is 17.6 Å². The van der Waals surface area contributed by atoms with Crippen molar-refractivity contribution < 1.29 is 5.11 Å². The molecule has 2 atom stereocenters. The van der Waals surface area contributed by atoms with Crippen LogP contribution < -0.4 is 11.1 Å². The molecule has 2 heterocycles. The van der Waals surface area contributed by atoms with Crippen molar-refractivity contribution in [3.8, 4) is 0 Å². The monoisotopic (exact) mass is 328 g/mol. The molecule has 7 nitrogen and oxygen atoms in total. The van der Waals surface area contributed by atoms with Gasteiger partial charge in [-0.15, -0.1) is 0 Å². The SMILES string of the molecule is Cc1ccccc1Nc1nc(N)nc(CN2CCC(C)C(O)C2)n1. The Kier molecular flexibility index (Phi) is 4.92. The first-order chi connectivity index (χ1) is 11.5. The van der Waals surface area contributed by atoms with Crippen LogP contribution in [0, 0.1) is 12.8 Å². The van der Waals surface area contributed by atoms with Gasteiger partial charge < -0.3 is 16.2 Å². The van der Waals surface area contributed by atoms with Crippen molar-refractivity contribution in [3.05, 3.63) is 35.7 Å². The number of anilines is 3. The summed E-state index contributed by atoms with van der Waals surface area (Å²) in [5.74, 6) is 1.59. The molecular formula is C17H24N6O. The molecule has 0 aliphatic carbocycles. The summed E-state index contributed by atoms with van der Waals surface area (Å²) in [4.78, 5) is 15.0. The number of nitrogens with zero attached hydrogens (tertiary/aromatic N) is 4. The summed E-state index contributed by atoms with van der Waals surface area (Å²) in [5, 5.41) is 13.2. The number of aromatic nitrogens is 3. The average molecular weight is 328 g/mol. The number of piperidine rings is 1. The molecule has 24 heavy (non-hydrogen) atoms. The number of likely N-dealkylation sites (tertiary alicyclic amines) is 1. The molecule has 1 aromatic carbocycles. The van der Waals surface area contributed by atoms with Gasteiger partial charge in [-0.25, -0.2) is 0 Å². The van der Waals surface area contributed by atoms with Crippen molar-refractivity contribution in [1.29, 1.82) is 0 Å². The second kappa shape index (κ2) is 7.11. The number of aliphatic hydroxyl groups is 1. The molecule has 2 unspecified atom stereocenters. The lowest BCUT2D eigenvalue weighted by Gasteiger charge is -2.33. The molecule has 3 rings (SSSR count). The molecular weight excluding hydrogens is 304 g/mol. The van der Waals surface area contributed by atoms with E-state index in [0.29, 0.717) is 30.8 Å². The van der Waals surface area contributed by atoms with Crippen LogP contribution in [0.1, 0.15) is 24.7 Å². The Morgan fingerprint density at radius 1 is 1.29 bits per heavy atom. The molecule has 0 bridgehead atoms. The number of benzene rings is 1. The van der Waals surface area contributed by atoms with E-state index in [1.165, 1.54) is 0 Å². The van der Waals surface area contributed by atoms with Gasteiger partial charge in [-0.1, -0.05) is 25.1 Å². The van der Waals surface area contributed by atoms with Crippen LogP contribution in [0.15, 0.2) is 24.3 Å². The van der Waals surface area contributed by atoms with Gasteiger partial charge in [-0.05, 0) is 37.4 Å². The molecule has 0 saturated carbocycles. The number of hydrogen-bond acceptors (Lipinski definition) is 7. The molecule has 1 aliphatic rings. The van der Waals surface area contributed by atoms with Gasteiger partial charge in [0.15, 0.2) is 0 Å². The first-order valence-electron chi connectivity index (χ1n) is 8.25. The minimum atomic E-state index is -0.303. The number of para-hydroxylation sites is 1. The van der Waals surface area contributed by atoms with Crippen LogP contribution in [0.2, 0.25) is 0 Å². The summed E-state index contributed by atoms with van der Waals surface area (Å²) in [6, 6.07) is 7.93. The van der Waals surface area contributed by atoms with Crippen molar-refractivity contribution in [1.82, 2.24) is 19.9 Å². The Hall–Kier alpha value is -2.25. The zero-order valence-electron chi connectivity index (χ0n) is 14.1. The van der Waals surface area contributed by atoms with Crippen molar-refractivity contribution in [3.63, 3.8) is 0 Å². The van der Waals surface area contributed by atoms with Gasteiger partial charge >= 0.3 is 0 Å². The third-order valence-electron chi connectivity index (χ3n) is 4.46. The topological polar surface area (TPSA) is 100 Å². The van der Waals surface area contributed by atoms with E-state index in [-0.39, 0.29) is 12.1 Å². The molecule has 1 saturated heterocycles. The van der Waals surface area contributed by atoms with Gasteiger partial charge in [0.25, 0.3) is 0 Å². The molecule has 0 radical (unpaired) electrons. The van der Waals surface area contributed by atoms with E-state index in [2.05, 4.69) is 32.1 Å².